The van der Waals surface area contributed by atoms with Gasteiger partial charge in [0.25, 0.3) is 11.1 Å². The number of esters is 1. The minimum absolute atomic E-state index is 0.302. The molecule has 2 amide bonds. The monoisotopic (exact) mass is 362 g/mol. The Hall–Kier alpha value is -2.28. The Balaban J connectivity index is 2.20. The fourth-order valence-electron chi connectivity index (χ4n) is 2.61. The van der Waals surface area contributed by atoms with Crippen LogP contribution < -0.4 is 4.90 Å². The number of amides is 2. The molecule has 0 radical (unpaired) electrons. The summed E-state index contributed by atoms with van der Waals surface area (Å²) in [6.07, 6.45) is 1.67. The quantitative estimate of drug-likeness (QED) is 0.572. The van der Waals surface area contributed by atoms with Gasteiger partial charge in [0, 0.05) is 18.8 Å². The van der Waals surface area contributed by atoms with E-state index in [0.717, 1.165) is 41.0 Å². The molecule has 0 unspecified atom stereocenters. The molecular weight excluding hydrogens is 340 g/mol. The predicted molar refractivity (Wildman–Crippen MR) is 99.3 cm³/mol. The highest BCUT2D eigenvalue weighted by Crippen LogP contribution is 2.34. The van der Waals surface area contributed by atoms with Crippen molar-refractivity contribution in [2.45, 2.75) is 26.8 Å². The van der Waals surface area contributed by atoms with E-state index >= 15 is 0 Å². The van der Waals surface area contributed by atoms with Crippen molar-refractivity contribution in [1.82, 2.24) is 4.90 Å². The summed E-state index contributed by atoms with van der Waals surface area (Å²) in [6.45, 7) is 7.50. The fourth-order valence-corrected chi connectivity index (χ4v) is 3.52. The van der Waals surface area contributed by atoms with Crippen molar-refractivity contribution < 1.29 is 19.1 Å². The van der Waals surface area contributed by atoms with E-state index in [0.29, 0.717) is 4.91 Å². The van der Waals surface area contributed by atoms with Gasteiger partial charge in [0.1, 0.15) is 6.04 Å². The third-order valence-corrected chi connectivity index (χ3v) is 4.96. The topological polar surface area (TPSA) is 66.9 Å². The maximum Gasteiger partial charge on any atom is 0.328 e. The van der Waals surface area contributed by atoms with Crippen LogP contribution >= 0.6 is 11.8 Å². The number of hydrogen-bond donors (Lipinski definition) is 0. The molecule has 1 heterocycles. The van der Waals surface area contributed by atoms with Crippen LogP contribution in [0.15, 0.2) is 29.2 Å². The van der Waals surface area contributed by atoms with Gasteiger partial charge in [0.05, 0.1) is 12.0 Å². The summed E-state index contributed by atoms with van der Waals surface area (Å²) in [7, 11) is 1.23. The lowest BCUT2D eigenvalue weighted by molar-refractivity contribution is -0.148. The highest BCUT2D eigenvalue weighted by molar-refractivity contribution is 8.18. The Bertz CT molecular complexity index is 696. The summed E-state index contributed by atoms with van der Waals surface area (Å²) in [5, 5.41) is -0.464. The molecule has 1 aliphatic rings. The molecule has 0 spiro atoms. The van der Waals surface area contributed by atoms with E-state index in [4.69, 9.17) is 0 Å². The van der Waals surface area contributed by atoms with Gasteiger partial charge < -0.3 is 9.64 Å². The van der Waals surface area contributed by atoms with Gasteiger partial charge in [-0.2, -0.15) is 0 Å². The van der Waals surface area contributed by atoms with E-state index in [1.807, 2.05) is 24.3 Å². The molecule has 0 aromatic heterocycles. The number of imide groups is 1. The van der Waals surface area contributed by atoms with Gasteiger partial charge in [0.15, 0.2) is 0 Å². The minimum atomic E-state index is -0.937. The van der Waals surface area contributed by atoms with Crippen molar-refractivity contribution in [3.8, 4) is 0 Å². The molecule has 0 saturated carbocycles. The van der Waals surface area contributed by atoms with E-state index in [-0.39, 0.29) is 0 Å². The van der Waals surface area contributed by atoms with Gasteiger partial charge in [-0.25, -0.2) is 4.79 Å². The molecule has 0 bridgehead atoms. The number of hydrogen-bond acceptors (Lipinski definition) is 6. The molecule has 2 rings (SSSR count). The number of thioether (sulfide) groups is 1. The van der Waals surface area contributed by atoms with Crippen molar-refractivity contribution in [1.29, 1.82) is 0 Å². The highest BCUT2D eigenvalue weighted by atomic mass is 32.2. The Morgan fingerprint density at radius 3 is 2.36 bits per heavy atom. The second-order valence-electron chi connectivity index (χ2n) is 5.51. The molecule has 134 valence electrons. The average Bonchev–Trinajstić information content (AvgIpc) is 2.89. The van der Waals surface area contributed by atoms with Crippen molar-refractivity contribution >= 4 is 40.6 Å². The first kappa shape index (κ1) is 19.1. The normalized spacial score (nSPS) is 17.1. The maximum absolute atomic E-state index is 12.4. The number of rotatable bonds is 6. The average molecular weight is 362 g/mol. The van der Waals surface area contributed by atoms with Gasteiger partial charge in [-0.05, 0) is 56.3 Å². The smallest absolute Gasteiger partial charge is 0.328 e. The number of benzene rings is 1. The molecule has 1 aromatic rings. The zero-order valence-corrected chi connectivity index (χ0v) is 15.6. The first-order chi connectivity index (χ1) is 11.9. The Labute approximate surface area is 151 Å². The Morgan fingerprint density at radius 2 is 1.84 bits per heavy atom. The van der Waals surface area contributed by atoms with Crippen molar-refractivity contribution in [2.24, 2.45) is 0 Å². The molecule has 1 saturated heterocycles. The fraction of sp³-hybridized carbons (Fsp3) is 0.389. The molecular formula is C18H22N2O4S. The minimum Gasteiger partial charge on any atom is -0.467 e. The number of methoxy groups -OCH3 is 1. The summed E-state index contributed by atoms with van der Waals surface area (Å²) in [6, 6.07) is 6.85. The maximum atomic E-state index is 12.4. The van der Waals surface area contributed by atoms with Gasteiger partial charge in [-0.1, -0.05) is 12.1 Å². The summed E-state index contributed by atoms with van der Waals surface area (Å²) >= 11 is 0.833. The third kappa shape index (κ3) is 4.04. The van der Waals surface area contributed by atoms with Crippen LogP contribution in [0.3, 0.4) is 0 Å². The van der Waals surface area contributed by atoms with E-state index in [9.17, 15) is 14.4 Å². The molecule has 25 heavy (non-hydrogen) atoms. The molecule has 7 heteroatoms. The van der Waals surface area contributed by atoms with E-state index in [1.165, 1.54) is 14.0 Å². The van der Waals surface area contributed by atoms with Gasteiger partial charge in [-0.15, -0.1) is 0 Å². The number of ether oxygens (including phenoxy) is 1. The van der Waals surface area contributed by atoms with Crippen LogP contribution in [0.25, 0.3) is 6.08 Å². The van der Waals surface area contributed by atoms with Crippen molar-refractivity contribution in [3.63, 3.8) is 0 Å². The van der Waals surface area contributed by atoms with E-state index < -0.39 is 23.2 Å². The molecule has 1 fully saturated rings. The third-order valence-electron chi connectivity index (χ3n) is 4.07. The van der Waals surface area contributed by atoms with Gasteiger partial charge in [0.2, 0.25) is 0 Å². The zero-order chi connectivity index (χ0) is 18.6. The summed E-state index contributed by atoms with van der Waals surface area (Å²) < 4.78 is 4.61. The van der Waals surface area contributed by atoms with Crippen molar-refractivity contribution in [2.75, 3.05) is 25.1 Å². The summed E-state index contributed by atoms with van der Waals surface area (Å²) in [5.74, 6) is -1.09. The summed E-state index contributed by atoms with van der Waals surface area (Å²) in [4.78, 5) is 39.6. The van der Waals surface area contributed by atoms with Crippen LogP contribution in [0.2, 0.25) is 0 Å². The lowest BCUT2D eigenvalue weighted by Gasteiger charge is -2.20. The van der Waals surface area contributed by atoms with Crippen molar-refractivity contribution in [3.05, 3.63) is 34.7 Å². The van der Waals surface area contributed by atoms with Crippen LogP contribution in [-0.4, -0.2) is 48.3 Å². The molecule has 1 atom stereocenters. The molecule has 0 N–H and O–H groups in total. The highest BCUT2D eigenvalue weighted by Gasteiger charge is 2.41. The number of nitrogens with zero attached hydrogens (tertiary/aromatic N) is 2. The lowest BCUT2D eigenvalue weighted by atomic mass is 10.1. The van der Waals surface area contributed by atoms with Crippen LogP contribution in [-0.2, 0) is 14.3 Å². The second kappa shape index (κ2) is 8.20. The Morgan fingerprint density at radius 1 is 1.24 bits per heavy atom. The predicted octanol–water partition coefficient (Wildman–Crippen LogP) is 3.13. The van der Waals surface area contributed by atoms with Crippen LogP contribution in [0.5, 0.6) is 0 Å². The first-order valence-corrected chi connectivity index (χ1v) is 8.94. The van der Waals surface area contributed by atoms with E-state index in [1.54, 1.807) is 6.08 Å². The molecule has 6 nitrogen and oxygen atoms in total. The van der Waals surface area contributed by atoms with E-state index in [2.05, 4.69) is 23.5 Å². The lowest BCUT2D eigenvalue weighted by Crippen LogP contribution is -2.42. The molecule has 0 aliphatic carbocycles. The van der Waals surface area contributed by atoms with Crippen LogP contribution in [0.4, 0.5) is 10.5 Å². The Kier molecular flexibility index (Phi) is 6.25. The number of anilines is 1. The SMILES string of the molecule is CCN(CC)c1ccc(/C=C2/SC(=O)N([C@@H](C)C(=O)OC)C2=O)cc1. The zero-order valence-electron chi connectivity index (χ0n) is 14.8. The number of carbonyl (C=O) groups is 3. The van der Waals surface area contributed by atoms with Crippen LogP contribution in [0, 0.1) is 0 Å². The molecule has 1 aromatic carbocycles. The van der Waals surface area contributed by atoms with Gasteiger partial charge in [-0.3, -0.25) is 14.5 Å². The number of carbonyl (C=O) groups excluding carboxylic acids is 3. The molecule has 1 aliphatic heterocycles. The van der Waals surface area contributed by atoms with Gasteiger partial charge >= 0.3 is 5.97 Å². The van der Waals surface area contributed by atoms with Crippen LogP contribution in [0.1, 0.15) is 26.3 Å². The summed E-state index contributed by atoms with van der Waals surface area (Å²) in [5.41, 5.74) is 1.93. The standard InChI is InChI=1S/C18H22N2O4S/c1-5-19(6-2)14-9-7-13(8-10-14)11-15-16(21)20(18(23)25-15)12(3)17(22)24-4/h7-12H,5-6H2,1-4H3/b15-11+/t12-/m0/s1. The largest absolute Gasteiger partial charge is 0.467 e. The second-order valence-corrected chi connectivity index (χ2v) is 6.51. The first-order valence-electron chi connectivity index (χ1n) is 8.12.